The van der Waals surface area contributed by atoms with E-state index in [1.807, 2.05) is 0 Å². The van der Waals surface area contributed by atoms with Gasteiger partial charge in [-0.05, 0) is 55.0 Å². The van der Waals surface area contributed by atoms with Crippen LogP contribution in [-0.2, 0) is 16.0 Å². The van der Waals surface area contributed by atoms with Crippen LogP contribution < -0.4 is 10.6 Å². The maximum absolute atomic E-state index is 13.2. The summed E-state index contributed by atoms with van der Waals surface area (Å²) in [7, 11) is -3.42. The zero-order valence-corrected chi connectivity index (χ0v) is 19.6. The van der Waals surface area contributed by atoms with Crippen LogP contribution in [0.3, 0.4) is 0 Å². The molecule has 0 radical (unpaired) electrons. The molecular weight excluding hydrogens is 493 g/mol. The van der Waals surface area contributed by atoms with Crippen LogP contribution in [0.1, 0.15) is 46.8 Å². The van der Waals surface area contributed by atoms with Gasteiger partial charge in [-0.25, -0.2) is 8.42 Å². The average Bonchev–Trinajstić information content (AvgIpc) is 3.47. The number of rotatable bonds is 7. The van der Waals surface area contributed by atoms with Crippen molar-refractivity contribution < 1.29 is 31.5 Å². The summed E-state index contributed by atoms with van der Waals surface area (Å²) in [4.78, 5) is 13.1. The first kappa shape index (κ1) is 25.0. The Hall–Kier alpha value is -2.14. The van der Waals surface area contributed by atoms with Gasteiger partial charge < -0.3 is 15.7 Å². The van der Waals surface area contributed by atoms with Gasteiger partial charge in [0.25, 0.3) is 5.91 Å². The zero-order chi connectivity index (χ0) is 24.7. The molecule has 34 heavy (non-hydrogen) atoms. The molecule has 2 aliphatic rings. The number of alkyl halides is 3. The standard InChI is InChI=1S/C23H24ClF3N2O4S/c24-20-17(2-1-3-18(20)23(25,26)27)22(31)29-21(19-10-15(30)11-28-19)14-6-8-16(9-7-14)34(32,33)12-13-4-5-13/h1-3,6-9,13,15,19,21,28,30H,4-5,10-12H2,(H,29,31)/t15-,19+,21-/m1/s1. The summed E-state index contributed by atoms with van der Waals surface area (Å²) in [5.74, 6) is -0.524. The van der Waals surface area contributed by atoms with Gasteiger partial charge in [-0.2, -0.15) is 13.2 Å². The van der Waals surface area contributed by atoms with Gasteiger partial charge in [-0.3, -0.25) is 4.79 Å². The number of carbonyl (C=O) groups excluding carboxylic acids is 1. The van der Waals surface area contributed by atoms with E-state index < -0.39 is 50.7 Å². The number of hydrogen-bond donors (Lipinski definition) is 3. The van der Waals surface area contributed by atoms with E-state index in [-0.39, 0.29) is 28.7 Å². The molecule has 184 valence electrons. The van der Waals surface area contributed by atoms with Gasteiger partial charge >= 0.3 is 6.18 Å². The Labute approximate surface area is 200 Å². The van der Waals surface area contributed by atoms with Crippen LogP contribution >= 0.6 is 11.6 Å². The number of β-amino-alcohol motifs (C(OH)–C–C–N with tert-alkyl or cyclic N) is 1. The number of nitrogens with one attached hydrogen (secondary N) is 2. The second-order valence-corrected chi connectivity index (χ2v) is 11.2. The molecule has 4 rings (SSSR count). The molecule has 2 aromatic carbocycles. The summed E-state index contributed by atoms with van der Waals surface area (Å²) in [6, 6.07) is 8.03. The molecule has 0 spiro atoms. The van der Waals surface area contributed by atoms with E-state index in [9.17, 15) is 31.5 Å². The minimum Gasteiger partial charge on any atom is -0.392 e. The van der Waals surface area contributed by atoms with E-state index in [0.29, 0.717) is 12.0 Å². The Bertz CT molecular complexity index is 1170. The molecule has 1 aliphatic heterocycles. The maximum Gasteiger partial charge on any atom is 0.417 e. The predicted molar refractivity (Wildman–Crippen MR) is 120 cm³/mol. The minimum atomic E-state index is -4.72. The summed E-state index contributed by atoms with van der Waals surface area (Å²) >= 11 is 5.91. The SMILES string of the molecule is O=C(N[C@H](c1ccc(S(=O)(=O)CC2CC2)cc1)[C@@H]1C[C@@H](O)CN1)c1cccc(C(F)(F)F)c1Cl. The lowest BCUT2D eigenvalue weighted by atomic mass is 9.97. The van der Waals surface area contributed by atoms with Gasteiger partial charge in [0.1, 0.15) is 0 Å². The van der Waals surface area contributed by atoms with Gasteiger partial charge in [0.05, 0.1) is 38.9 Å². The van der Waals surface area contributed by atoms with Crippen LogP contribution in [0.15, 0.2) is 47.4 Å². The van der Waals surface area contributed by atoms with Crippen molar-refractivity contribution in [1.82, 2.24) is 10.6 Å². The monoisotopic (exact) mass is 516 g/mol. The fraction of sp³-hybridized carbons (Fsp3) is 0.435. The maximum atomic E-state index is 13.2. The molecule has 2 fully saturated rings. The third-order valence-corrected chi connectivity index (χ3v) is 8.44. The number of sulfone groups is 1. The molecule has 3 atom stereocenters. The van der Waals surface area contributed by atoms with Crippen molar-refractivity contribution in [1.29, 1.82) is 0 Å². The Morgan fingerprint density at radius 2 is 1.85 bits per heavy atom. The van der Waals surface area contributed by atoms with E-state index in [1.165, 1.54) is 18.2 Å². The van der Waals surface area contributed by atoms with E-state index in [2.05, 4.69) is 10.6 Å². The third-order valence-electron chi connectivity index (χ3n) is 6.13. The highest BCUT2D eigenvalue weighted by Crippen LogP contribution is 2.37. The Kier molecular flexibility index (Phi) is 6.97. The molecular formula is C23H24ClF3N2O4S. The largest absolute Gasteiger partial charge is 0.417 e. The van der Waals surface area contributed by atoms with Crippen molar-refractivity contribution in [2.45, 2.75) is 48.5 Å². The van der Waals surface area contributed by atoms with Crippen LogP contribution in [-0.4, -0.2) is 43.9 Å². The lowest BCUT2D eigenvalue weighted by Crippen LogP contribution is -2.41. The van der Waals surface area contributed by atoms with Crippen LogP contribution in [0.4, 0.5) is 13.2 Å². The van der Waals surface area contributed by atoms with Gasteiger partial charge in [-0.1, -0.05) is 29.8 Å². The number of aliphatic hydroxyl groups is 1. The fourth-order valence-electron chi connectivity index (χ4n) is 4.14. The van der Waals surface area contributed by atoms with E-state index >= 15 is 0 Å². The molecule has 2 aromatic rings. The number of amides is 1. The zero-order valence-electron chi connectivity index (χ0n) is 18.0. The Morgan fingerprint density at radius 3 is 2.41 bits per heavy atom. The quantitative estimate of drug-likeness (QED) is 0.521. The van der Waals surface area contributed by atoms with Gasteiger partial charge in [0, 0.05) is 12.6 Å². The molecule has 1 saturated carbocycles. The second kappa shape index (κ2) is 9.49. The van der Waals surface area contributed by atoms with Crippen molar-refractivity contribution in [3.8, 4) is 0 Å². The highest BCUT2D eigenvalue weighted by Gasteiger charge is 2.36. The van der Waals surface area contributed by atoms with Crippen LogP contribution in [0, 0.1) is 5.92 Å². The number of benzene rings is 2. The molecule has 1 amide bonds. The smallest absolute Gasteiger partial charge is 0.392 e. The van der Waals surface area contributed by atoms with Gasteiger partial charge in [0.15, 0.2) is 9.84 Å². The predicted octanol–water partition coefficient (Wildman–Crippen LogP) is 3.74. The fourth-order valence-corrected chi connectivity index (χ4v) is 6.15. The highest BCUT2D eigenvalue weighted by atomic mass is 35.5. The molecule has 0 unspecified atom stereocenters. The third kappa shape index (κ3) is 5.56. The first-order valence-corrected chi connectivity index (χ1v) is 12.9. The van der Waals surface area contributed by atoms with Gasteiger partial charge in [0.2, 0.25) is 0 Å². The van der Waals surface area contributed by atoms with Crippen LogP contribution in [0.25, 0.3) is 0 Å². The molecule has 1 heterocycles. The topological polar surface area (TPSA) is 95.5 Å². The van der Waals surface area contributed by atoms with Crippen LogP contribution in [0.2, 0.25) is 5.02 Å². The molecule has 1 aliphatic carbocycles. The first-order valence-electron chi connectivity index (χ1n) is 10.9. The normalized spacial score (nSPS) is 21.9. The van der Waals surface area contributed by atoms with E-state index in [1.54, 1.807) is 12.1 Å². The lowest BCUT2D eigenvalue weighted by molar-refractivity contribution is -0.137. The summed E-state index contributed by atoms with van der Waals surface area (Å²) in [5.41, 5.74) is -0.893. The number of halogens is 4. The van der Waals surface area contributed by atoms with Crippen molar-refractivity contribution in [3.05, 3.63) is 64.2 Å². The first-order chi connectivity index (χ1) is 16.0. The average molecular weight is 517 g/mol. The molecule has 11 heteroatoms. The van der Waals surface area contributed by atoms with Crippen molar-refractivity contribution in [3.63, 3.8) is 0 Å². The highest BCUT2D eigenvalue weighted by molar-refractivity contribution is 7.91. The second-order valence-electron chi connectivity index (χ2n) is 8.81. The molecule has 6 nitrogen and oxygen atoms in total. The number of aliphatic hydroxyl groups excluding tert-OH is 1. The minimum absolute atomic E-state index is 0.0942. The number of carbonyl (C=O) groups is 1. The van der Waals surface area contributed by atoms with Crippen molar-refractivity contribution in [2.75, 3.05) is 12.3 Å². The molecule has 1 saturated heterocycles. The summed E-state index contributed by atoms with van der Waals surface area (Å²) in [6.07, 6.45) is -3.27. The van der Waals surface area contributed by atoms with Crippen molar-refractivity contribution in [2.24, 2.45) is 5.92 Å². The van der Waals surface area contributed by atoms with Crippen molar-refractivity contribution >= 4 is 27.3 Å². The molecule has 0 aromatic heterocycles. The molecule has 0 bridgehead atoms. The van der Waals surface area contributed by atoms with E-state index in [4.69, 9.17) is 11.6 Å². The van der Waals surface area contributed by atoms with Gasteiger partial charge in [-0.15, -0.1) is 0 Å². The summed E-state index contributed by atoms with van der Waals surface area (Å²) in [5, 5.41) is 15.1. The number of hydrogen-bond acceptors (Lipinski definition) is 5. The Morgan fingerprint density at radius 1 is 1.18 bits per heavy atom. The Balaban J connectivity index is 1.61. The van der Waals surface area contributed by atoms with E-state index in [0.717, 1.165) is 25.0 Å². The molecule has 3 N–H and O–H groups in total. The summed E-state index contributed by atoms with van der Waals surface area (Å²) < 4.78 is 64.8. The lowest BCUT2D eigenvalue weighted by Gasteiger charge is -2.26. The van der Waals surface area contributed by atoms with Crippen LogP contribution in [0.5, 0.6) is 0 Å². The summed E-state index contributed by atoms with van der Waals surface area (Å²) in [6.45, 7) is 0.287.